The molecular formula is C17H27NS. The molecule has 0 aromatic carbocycles. The van der Waals surface area contributed by atoms with Gasteiger partial charge in [-0.15, -0.1) is 11.3 Å². The van der Waals surface area contributed by atoms with Crippen molar-refractivity contribution in [3.63, 3.8) is 0 Å². The maximum Gasteiger partial charge on any atom is 0.0273 e. The number of thiophene rings is 1. The molecule has 1 aromatic rings. The van der Waals surface area contributed by atoms with E-state index in [0.717, 1.165) is 25.4 Å². The zero-order valence-corrected chi connectivity index (χ0v) is 13.2. The lowest BCUT2D eigenvalue weighted by Gasteiger charge is -2.24. The fourth-order valence-corrected chi connectivity index (χ4v) is 3.83. The summed E-state index contributed by atoms with van der Waals surface area (Å²) >= 11 is 1.95. The average Bonchev–Trinajstić information content (AvgIpc) is 2.92. The van der Waals surface area contributed by atoms with Gasteiger partial charge in [-0.3, -0.25) is 0 Å². The summed E-state index contributed by atoms with van der Waals surface area (Å²) < 4.78 is 0. The monoisotopic (exact) mass is 277 g/mol. The summed E-state index contributed by atoms with van der Waals surface area (Å²) in [6.45, 7) is 6.56. The standard InChI is InChI=1S/C17H27NS/c1-3-16-10-11-17(19-16)12-15(13-18-4-2)14-8-6-5-7-9-14/h10-12,14,18H,3-9,13H2,1-2H3. The van der Waals surface area contributed by atoms with Crippen molar-refractivity contribution < 1.29 is 0 Å². The second kappa shape index (κ2) is 7.86. The zero-order valence-electron chi connectivity index (χ0n) is 12.4. The second-order valence-electron chi connectivity index (χ2n) is 5.49. The summed E-state index contributed by atoms with van der Waals surface area (Å²) in [7, 11) is 0. The number of rotatable bonds is 6. The molecule has 1 fully saturated rings. The van der Waals surface area contributed by atoms with Gasteiger partial charge in [-0.25, -0.2) is 0 Å². The highest BCUT2D eigenvalue weighted by atomic mass is 32.1. The highest BCUT2D eigenvalue weighted by molar-refractivity contribution is 7.12. The van der Waals surface area contributed by atoms with Crippen LogP contribution in [0.25, 0.3) is 6.08 Å². The fourth-order valence-electron chi connectivity index (χ4n) is 2.90. The Hall–Kier alpha value is -0.600. The van der Waals surface area contributed by atoms with Gasteiger partial charge in [0.2, 0.25) is 0 Å². The summed E-state index contributed by atoms with van der Waals surface area (Å²) in [5.41, 5.74) is 1.63. The third-order valence-corrected chi connectivity index (χ3v) is 5.24. The minimum atomic E-state index is 0.819. The average molecular weight is 277 g/mol. The highest BCUT2D eigenvalue weighted by Gasteiger charge is 2.17. The Labute approximate surface area is 122 Å². The Morgan fingerprint density at radius 1 is 1.26 bits per heavy atom. The van der Waals surface area contributed by atoms with Gasteiger partial charge in [0, 0.05) is 16.3 Å². The molecule has 0 bridgehead atoms. The van der Waals surface area contributed by atoms with Crippen molar-refractivity contribution in [3.8, 4) is 0 Å². The SMILES string of the molecule is CCNCC(=Cc1ccc(CC)s1)C1CCCCC1. The van der Waals surface area contributed by atoms with Crippen LogP contribution in [0.1, 0.15) is 55.7 Å². The predicted octanol–water partition coefficient (Wildman–Crippen LogP) is 4.88. The van der Waals surface area contributed by atoms with Gasteiger partial charge in [0.25, 0.3) is 0 Å². The van der Waals surface area contributed by atoms with Gasteiger partial charge in [0.15, 0.2) is 0 Å². The van der Waals surface area contributed by atoms with Crippen molar-refractivity contribution >= 4 is 17.4 Å². The number of hydrogen-bond acceptors (Lipinski definition) is 2. The minimum Gasteiger partial charge on any atom is -0.313 e. The molecular weight excluding hydrogens is 250 g/mol. The molecule has 1 N–H and O–H groups in total. The Balaban J connectivity index is 2.10. The zero-order chi connectivity index (χ0) is 13.5. The smallest absolute Gasteiger partial charge is 0.0273 e. The van der Waals surface area contributed by atoms with Gasteiger partial charge < -0.3 is 5.32 Å². The Morgan fingerprint density at radius 3 is 2.68 bits per heavy atom. The van der Waals surface area contributed by atoms with E-state index in [9.17, 15) is 0 Å². The van der Waals surface area contributed by atoms with Crippen LogP contribution in [0.15, 0.2) is 17.7 Å². The lowest BCUT2D eigenvalue weighted by atomic mass is 9.83. The number of aryl methyl sites for hydroxylation is 1. The molecule has 0 unspecified atom stereocenters. The molecule has 1 nitrogen and oxygen atoms in total. The molecule has 0 atom stereocenters. The lowest BCUT2D eigenvalue weighted by molar-refractivity contribution is 0.397. The van der Waals surface area contributed by atoms with Crippen molar-refractivity contribution in [3.05, 3.63) is 27.5 Å². The molecule has 1 saturated carbocycles. The first-order valence-electron chi connectivity index (χ1n) is 7.83. The van der Waals surface area contributed by atoms with E-state index in [-0.39, 0.29) is 0 Å². The van der Waals surface area contributed by atoms with Crippen molar-refractivity contribution in [2.24, 2.45) is 5.92 Å². The van der Waals surface area contributed by atoms with E-state index in [2.05, 4.69) is 37.4 Å². The van der Waals surface area contributed by atoms with Crippen molar-refractivity contribution in [2.45, 2.75) is 52.4 Å². The molecule has 1 aliphatic carbocycles. The normalized spacial score (nSPS) is 17.9. The molecule has 0 saturated heterocycles. The molecule has 0 radical (unpaired) electrons. The van der Waals surface area contributed by atoms with Crippen LogP contribution < -0.4 is 5.32 Å². The third-order valence-electron chi connectivity index (χ3n) is 4.07. The van der Waals surface area contributed by atoms with Crippen LogP contribution in [-0.4, -0.2) is 13.1 Å². The topological polar surface area (TPSA) is 12.0 Å². The van der Waals surface area contributed by atoms with Gasteiger partial charge in [0.1, 0.15) is 0 Å². The van der Waals surface area contributed by atoms with Gasteiger partial charge in [-0.1, -0.05) is 38.7 Å². The van der Waals surface area contributed by atoms with E-state index in [1.54, 1.807) is 5.57 Å². The fraction of sp³-hybridized carbons (Fsp3) is 0.647. The van der Waals surface area contributed by atoms with Crippen LogP contribution in [-0.2, 0) is 6.42 Å². The first kappa shape index (κ1) is 14.8. The molecule has 0 spiro atoms. The van der Waals surface area contributed by atoms with Gasteiger partial charge >= 0.3 is 0 Å². The number of nitrogens with one attached hydrogen (secondary N) is 1. The van der Waals surface area contributed by atoms with Crippen LogP contribution in [0, 0.1) is 5.92 Å². The molecule has 106 valence electrons. The molecule has 19 heavy (non-hydrogen) atoms. The van der Waals surface area contributed by atoms with Crippen molar-refractivity contribution in [1.82, 2.24) is 5.32 Å². The van der Waals surface area contributed by atoms with Gasteiger partial charge in [-0.05, 0) is 49.9 Å². The molecule has 2 rings (SSSR count). The summed E-state index contributed by atoms with van der Waals surface area (Å²) in [6.07, 6.45) is 10.7. The van der Waals surface area contributed by atoms with Gasteiger partial charge in [-0.2, -0.15) is 0 Å². The largest absolute Gasteiger partial charge is 0.313 e. The van der Waals surface area contributed by atoms with Crippen molar-refractivity contribution in [1.29, 1.82) is 0 Å². The van der Waals surface area contributed by atoms with Crippen LogP contribution in [0.3, 0.4) is 0 Å². The van der Waals surface area contributed by atoms with E-state index in [1.165, 1.54) is 41.9 Å². The summed E-state index contributed by atoms with van der Waals surface area (Å²) in [5.74, 6) is 0.819. The van der Waals surface area contributed by atoms with E-state index < -0.39 is 0 Å². The molecule has 1 heterocycles. The molecule has 0 amide bonds. The highest BCUT2D eigenvalue weighted by Crippen LogP contribution is 2.31. The van der Waals surface area contributed by atoms with Crippen LogP contribution in [0.2, 0.25) is 0 Å². The second-order valence-corrected chi connectivity index (χ2v) is 6.69. The van der Waals surface area contributed by atoms with E-state index in [4.69, 9.17) is 0 Å². The molecule has 0 aliphatic heterocycles. The Bertz CT molecular complexity index is 399. The third kappa shape index (κ3) is 4.47. The predicted molar refractivity (Wildman–Crippen MR) is 86.8 cm³/mol. The lowest BCUT2D eigenvalue weighted by Crippen LogP contribution is -2.21. The maximum atomic E-state index is 3.52. The van der Waals surface area contributed by atoms with Crippen LogP contribution >= 0.6 is 11.3 Å². The Kier molecular flexibility index (Phi) is 6.12. The van der Waals surface area contributed by atoms with E-state index >= 15 is 0 Å². The number of likely N-dealkylation sites (N-methyl/N-ethyl adjacent to an activating group) is 1. The van der Waals surface area contributed by atoms with Crippen LogP contribution in [0.5, 0.6) is 0 Å². The van der Waals surface area contributed by atoms with Gasteiger partial charge in [0.05, 0.1) is 0 Å². The number of hydrogen-bond donors (Lipinski definition) is 1. The summed E-state index contributed by atoms with van der Waals surface area (Å²) in [6, 6.07) is 4.57. The van der Waals surface area contributed by atoms with Crippen LogP contribution in [0.4, 0.5) is 0 Å². The Morgan fingerprint density at radius 2 is 2.05 bits per heavy atom. The van der Waals surface area contributed by atoms with E-state index in [0.29, 0.717) is 0 Å². The first-order chi connectivity index (χ1) is 9.33. The maximum absolute atomic E-state index is 3.52. The van der Waals surface area contributed by atoms with Crippen molar-refractivity contribution in [2.75, 3.05) is 13.1 Å². The summed E-state index contributed by atoms with van der Waals surface area (Å²) in [4.78, 5) is 2.94. The molecule has 2 heteroatoms. The molecule has 1 aromatic heterocycles. The quantitative estimate of drug-likeness (QED) is 0.781. The first-order valence-corrected chi connectivity index (χ1v) is 8.65. The summed E-state index contributed by atoms with van der Waals surface area (Å²) in [5, 5.41) is 3.52. The van der Waals surface area contributed by atoms with E-state index in [1.807, 2.05) is 11.3 Å². The molecule has 1 aliphatic rings. The minimum absolute atomic E-state index is 0.819.